The lowest BCUT2D eigenvalue weighted by Gasteiger charge is -2.52. The third kappa shape index (κ3) is 3.34. The Morgan fingerprint density at radius 2 is 1.88 bits per heavy atom. The van der Waals surface area contributed by atoms with Crippen LogP contribution in [0, 0.1) is 11.2 Å². The van der Waals surface area contributed by atoms with E-state index in [-0.39, 0.29) is 17.3 Å². The highest BCUT2D eigenvalue weighted by Crippen LogP contribution is 2.49. The van der Waals surface area contributed by atoms with Crippen LogP contribution in [0.4, 0.5) is 15.0 Å². The van der Waals surface area contributed by atoms with Gasteiger partial charge in [-0.25, -0.2) is 14.2 Å². The molecular formula is C19H21FN4O2. The van der Waals surface area contributed by atoms with Gasteiger partial charge in [0.1, 0.15) is 11.6 Å². The van der Waals surface area contributed by atoms with Crippen LogP contribution in [0.2, 0.25) is 0 Å². The van der Waals surface area contributed by atoms with Crippen molar-refractivity contribution in [2.75, 3.05) is 18.0 Å². The molecular weight excluding hydrogens is 335 g/mol. The molecule has 6 nitrogen and oxygen atoms in total. The largest absolute Gasteiger partial charge is 0.465 e. The number of rotatable bonds is 3. The lowest BCUT2D eigenvalue weighted by Crippen LogP contribution is -2.54. The zero-order chi connectivity index (χ0) is 18.1. The summed E-state index contributed by atoms with van der Waals surface area (Å²) in [5, 5.41) is 11.4. The Morgan fingerprint density at radius 3 is 2.54 bits per heavy atom. The average molecular weight is 356 g/mol. The van der Waals surface area contributed by atoms with Gasteiger partial charge >= 0.3 is 6.09 Å². The molecule has 0 unspecified atom stereocenters. The second-order valence-electron chi connectivity index (χ2n) is 7.31. The van der Waals surface area contributed by atoms with Crippen LogP contribution in [0.3, 0.4) is 0 Å². The topological polar surface area (TPSA) is 78.4 Å². The first-order valence-corrected chi connectivity index (χ1v) is 8.85. The molecule has 4 rings (SSSR count). The number of halogens is 1. The third-order valence-electron chi connectivity index (χ3n) is 5.60. The van der Waals surface area contributed by atoms with Crippen LogP contribution in [-0.4, -0.2) is 40.3 Å². The number of hydrogen-bond acceptors (Lipinski definition) is 4. The minimum absolute atomic E-state index is 0.0978. The van der Waals surface area contributed by atoms with Gasteiger partial charge in [-0.1, -0.05) is 0 Å². The molecule has 1 aromatic carbocycles. The zero-order valence-electron chi connectivity index (χ0n) is 14.4. The molecule has 0 atom stereocenters. The highest BCUT2D eigenvalue weighted by Gasteiger charge is 2.46. The number of anilines is 1. The minimum atomic E-state index is -0.935. The predicted octanol–water partition coefficient (Wildman–Crippen LogP) is 3.30. The summed E-state index contributed by atoms with van der Waals surface area (Å²) in [6.45, 7) is 1.78. The van der Waals surface area contributed by atoms with E-state index in [1.54, 1.807) is 24.5 Å². The Labute approximate surface area is 151 Å². The van der Waals surface area contributed by atoms with Crippen LogP contribution in [0.15, 0.2) is 36.7 Å². The highest BCUT2D eigenvalue weighted by molar-refractivity contribution is 5.65. The van der Waals surface area contributed by atoms with Gasteiger partial charge in [0.2, 0.25) is 0 Å². The molecule has 0 bridgehead atoms. The Bertz CT molecular complexity index is 795. The van der Waals surface area contributed by atoms with Crippen LogP contribution < -0.4 is 10.2 Å². The van der Waals surface area contributed by atoms with Gasteiger partial charge < -0.3 is 15.3 Å². The van der Waals surface area contributed by atoms with Gasteiger partial charge in [0.25, 0.3) is 0 Å². The van der Waals surface area contributed by atoms with E-state index in [4.69, 9.17) is 10.1 Å². The van der Waals surface area contributed by atoms with E-state index in [1.807, 2.05) is 0 Å². The van der Waals surface area contributed by atoms with Gasteiger partial charge in [-0.3, -0.25) is 4.98 Å². The van der Waals surface area contributed by atoms with E-state index in [2.05, 4.69) is 15.2 Å². The average Bonchev–Trinajstić information content (AvgIpc) is 2.61. The molecule has 1 aromatic heterocycles. The summed E-state index contributed by atoms with van der Waals surface area (Å²) >= 11 is 0. The van der Waals surface area contributed by atoms with Crippen LogP contribution in [0.5, 0.6) is 0 Å². The summed E-state index contributed by atoms with van der Waals surface area (Å²) in [7, 11) is 0. The third-order valence-corrected chi connectivity index (χ3v) is 5.60. The van der Waals surface area contributed by atoms with E-state index in [0.29, 0.717) is 0 Å². The molecule has 2 aromatic rings. The molecule has 2 heterocycles. The van der Waals surface area contributed by atoms with E-state index in [1.165, 1.54) is 12.1 Å². The quantitative estimate of drug-likeness (QED) is 0.882. The number of aromatic nitrogens is 2. The van der Waals surface area contributed by atoms with E-state index >= 15 is 0 Å². The van der Waals surface area contributed by atoms with Crippen molar-refractivity contribution < 1.29 is 14.3 Å². The fraction of sp³-hybridized carbons (Fsp3) is 0.421. The van der Waals surface area contributed by atoms with Gasteiger partial charge in [-0.05, 0) is 55.4 Å². The summed E-state index contributed by atoms with van der Waals surface area (Å²) in [6, 6.07) is 6.36. The fourth-order valence-corrected chi connectivity index (χ4v) is 4.15. The van der Waals surface area contributed by atoms with E-state index < -0.39 is 6.09 Å². The smallest absolute Gasteiger partial charge is 0.404 e. The highest BCUT2D eigenvalue weighted by atomic mass is 19.1. The maximum Gasteiger partial charge on any atom is 0.404 e. The van der Waals surface area contributed by atoms with Crippen molar-refractivity contribution in [3.63, 3.8) is 0 Å². The lowest BCUT2D eigenvalue weighted by atomic mass is 9.60. The molecule has 2 N–H and O–H groups in total. The van der Waals surface area contributed by atoms with Crippen molar-refractivity contribution in [1.82, 2.24) is 15.3 Å². The molecule has 7 heteroatoms. The van der Waals surface area contributed by atoms with Crippen LogP contribution >= 0.6 is 0 Å². The van der Waals surface area contributed by atoms with Crippen LogP contribution in [0.1, 0.15) is 25.7 Å². The van der Waals surface area contributed by atoms with Gasteiger partial charge in [-0.2, -0.15) is 0 Å². The fourth-order valence-electron chi connectivity index (χ4n) is 4.15. The van der Waals surface area contributed by atoms with Crippen molar-refractivity contribution in [1.29, 1.82) is 0 Å². The molecule has 1 aliphatic carbocycles. The molecule has 1 amide bonds. The predicted molar refractivity (Wildman–Crippen MR) is 95.5 cm³/mol. The van der Waals surface area contributed by atoms with Crippen molar-refractivity contribution in [3.8, 4) is 11.3 Å². The number of benzene rings is 1. The molecule has 136 valence electrons. The first-order valence-electron chi connectivity index (χ1n) is 8.85. The number of carbonyl (C=O) groups is 1. The number of hydrogen-bond donors (Lipinski definition) is 2. The molecule has 1 spiro atoms. The Morgan fingerprint density at radius 1 is 1.19 bits per heavy atom. The first-order chi connectivity index (χ1) is 12.5. The molecule has 1 saturated heterocycles. The SMILES string of the molecule is O=C(O)NC1CC2(CCN(c3cncc(-c4ccc(F)cc4)n3)CC2)C1. The Balaban J connectivity index is 1.40. The van der Waals surface area contributed by atoms with Crippen molar-refractivity contribution in [2.45, 2.75) is 31.7 Å². The van der Waals surface area contributed by atoms with E-state index in [0.717, 1.165) is 55.8 Å². The number of amides is 1. The second-order valence-corrected chi connectivity index (χ2v) is 7.31. The van der Waals surface area contributed by atoms with Gasteiger partial charge in [-0.15, -0.1) is 0 Å². The Kier molecular flexibility index (Phi) is 4.22. The summed E-state index contributed by atoms with van der Waals surface area (Å²) in [5.41, 5.74) is 1.85. The monoisotopic (exact) mass is 356 g/mol. The van der Waals surface area contributed by atoms with Gasteiger partial charge in [0.15, 0.2) is 0 Å². The standard InChI is InChI=1S/C19H21FN4O2/c20-14-3-1-13(2-4-14)16-11-21-12-17(23-16)24-7-5-19(6-8-24)9-15(10-19)22-18(25)26/h1-4,11-12,15,22H,5-10H2,(H,25,26). The van der Waals surface area contributed by atoms with Crippen molar-refractivity contribution in [3.05, 3.63) is 42.5 Å². The van der Waals surface area contributed by atoms with E-state index in [9.17, 15) is 9.18 Å². The van der Waals surface area contributed by atoms with Gasteiger partial charge in [0, 0.05) is 24.7 Å². The molecule has 2 fully saturated rings. The summed E-state index contributed by atoms with van der Waals surface area (Å²) < 4.78 is 13.1. The number of piperidine rings is 1. The zero-order valence-corrected chi connectivity index (χ0v) is 14.4. The molecule has 2 aliphatic rings. The van der Waals surface area contributed by atoms with Gasteiger partial charge in [0.05, 0.1) is 18.1 Å². The number of carboxylic acid groups (broad SMARTS) is 1. The molecule has 1 aliphatic heterocycles. The first kappa shape index (κ1) is 16.8. The lowest BCUT2D eigenvalue weighted by molar-refractivity contribution is 0.0529. The maximum atomic E-state index is 13.1. The minimum Gasteiger partial charge on any atom is -0.465 e. The van der Waals surface area contributed by atoms with Crippen LogP contribution in [-0.2, 0) is 0 Å². The summed E-state index contributed by atoms with van der Waals surface area (Å²) in [6.07, 6.45) is 6.44. The normalized spacial score (nSPS) is 19.2. The summed E-state index contributed by atoms with van der Waals surface area (Å²) in [4.78, 5) is 21.9. The maximum absolute atomic E-state index is 13.1. The summed E-state index contributed by atoms with van der Waals surface area (Å²) in [5.74, 6) is 0.566. The number of nitrogens with one attached hydrogen (secondary N) is 1. The Hall–Kier alpha value is -2.70. The van der Waals surface area contributed by atoms with Crippen LogP contribution in [0.25, 0.3) is 11.3 Å². The van der Waals surface area contributed by atoms with Crippen molar-refractivity contribution >= 4 is 11.9 Å². The molecule has 1 saturated carbocycles. The number of nitrogens with zero attached hydrogens (tertiary/aromatic N) is 3. The van der Waals surface area contributed by atoms with Crippen molar-refractivity contribution in [2.24, 2.45) is 5.41 Å². The molecule has 0 radical (unpaired) electrons. The molecule has 26 heavy (non-hydrogen) atoms. The second kappa shape index (κ2) is 6.55.